The van der Waals surface area contributed by atoms with Crippen LogP contribution in [0, 0.1) is 5.82 Å². The van der Waals surface area contributed by atoms with E-state index < -0.39 is 33.7 Å². The smallest absolute Gasteiger partial charge is 0.261 e. The number of anilines is 1. The van der Waals surface area contributed by atoms with Crippen LogP contribution in [0.4, 0.5) is 10.1 Å². The molecule has 0 fully saturated rings. The Hall–Kier alpha value is -3.96. The number of carbonyl (C=O) groups excluding carboxylic acids is 2. The summed E-state index contributed by atoms with van der Waals surface area (Å²) in [6, 6.07) is 18.7. The normalized spacial score (nSPS) is 11.9. The third kappa shape index (κ3) is 8.02. The van der Waals surface area contributed by atoms with E-state index >= 15 is 0 Å². The fraction of sp³-hybridized carbons (Fsp3) is 0.231. The molecule has 11 heteroatoms. The average molecular weight is 530 g/mol. The number of hydrogen-bond donors (Lipinski definition) is 3. The maximum Gasteiger partial charge on any atom is 0.261 e. The average Bonchev–Trinajstić information content (AvgIpc) is 2.90. The van der Waals surface area contributed by atoms with Gasteiger partial charge in [0.05, 0.1) is 11.5 Å². The second-order valence-electron chi connectivity index (χ2n) is 8.07. The highest BCUT2D eigenvalue weighted by Crippen LogP contribution is 2.20. The third-order valence-corrected chi connectivity index (χ3v) is 6.76. The lowest BCUT2D eigenvalue weighted by Gasteiger charge is -2.28. The summed E-state index contributed by atoms with van der Waals surface area (Å²) in [6.45, 7) is 1.21. The summed E-state index contributed by atoms with van der Waals surface area (Å²) in [7, 11) is -3.92. The number of hydrogen-bond acceptors (Lipinski definition) is 6. The van der Waals surface area contributed by atoms with E-state index in [-0.39, 0.29) is 42.6 Å². The van der Waals surface area contributed by atoms with Crippen LogP contribution in [0.5, 0.6) is 5.75 Å². The standard InChI is InChI=1S/C26H28FN3O6S/c1-19(26(33)28-15-16-31)30(17-20-5-3-2-4-6-20)25(32)18-36-23-11-13-24(14-12-23)37(34,35)29-22-9-7-21(27)8-10-22/h2-14,19,29,31H,15-18H2,1H3,(H,28,33)/t19-/m0/s1. The number of nitrogens with zero attached hydrogens (tertiary/aromatic N) is 1. The van der Waals surface area contributed by atoms with E-state index in [0.29, 0.717) is 0 Å². The molecule has 0 aliphatic rings. The lowest BCUT2D eigenvalue weighted by molar-refractivity contribution is -0.142. The van der Waals surface area contributed by atoms with Crippen LogP contribution in [0.3, 0.4) is 0 Å². The maximum absolute atomic E-state index is 13.1. The number of sulfonamides is 1. The Morgan fingerprint density at radius 3 is 2.27 bits per heavy atom. The first kappa shape index (κ1) is 27.6. The van der Waals surface area contributed by atoms with Gasteiger partial charge >= 0.3 is 0 Å². The van der Waals surface area contributed by atoms with Gasteiger partial charge in [0.15, 0.2) is 6.61 Å². The molecule has 2 amide bonds. The van der Waals surface area contributed by atoms with Gasteiger partial charge in [0, 0.05) is 18.8 Å². The highest BCUT2D eigenvalue weighted by molar-refractivity contribution is 7.92. The van der Waals surface area contributed by atoms with Crippen molar-refractivity contribution in [2.75, 3.05) is 24.5 Å². The predicted octanol–water partition coefficient (Wildman–Crippen LogP) is 2.53. The first-order valence-corrected chi connectivity index (χ1v) is 12.9. The molecule has 3 aromatic carbocycles. The molecule has 0 unspecified atom stereocenters. The maximum atomic E-state index is 13.1. The Labute approximate surface area is 214 Å². The van der Waals surface area contributed by atoms with E-state index in [1.807, 2.05) is 30.3 Å². The van der Waals surface area contributed by atoms with E-state index in [1.165, 1.54) is 41.3 Å². The van der Waals surface area contributed by atoms with Crippen molar-refractivity contribution in [2.24, 2.45) is 0 Å². The number of amides is 2. The molecule has 0 aliphatic carbocycles. The molecule has 3 aromatic rings. The molecule has 0 saturated heterocycles. The Kier molecular flexibility index (Phi) is 9.58. The number of aliphatic hydroxyl groups is 1. The molecule has 37 heavy (non-hydrogen) atoms. The van der Waals surface area contributed by atoms with Crippen LogP contribution in [0.2, 0.25) is 0 Å². The van der Waals surface area contributed by atoms with Crippen molar-refractivity contribution in [3.05, 3.63) is 90.2 Å². The molecule has 0 saturated carbocycles. The molecule has 0 spiro atoms. The van der Waals surface area contributed by atoms with Gasteiger partial charge in [-0.25, -0.2) is 12.8 Å². The number of carbonyl (C=O) groups is 2. The summed E-state index contributed by atoms with van der Waals surface area (Å²) in [5, 5.41) is 11.5. The highest BCUT2D eigenvalue weighted by Gasteiger charge is 2.26. The topological polar surface area (TPSA) is 125 Å². The molecule has 1 atom stereocenters. The molecule has 0 aliphatic heterocycles. The van der Waals surface area contributed by atoms with Gasteiger partial charge in [-0.2, -0.15) is 0 Å². The van der Waals surface area contributed by atoms with Gasteiger partial charge in [-0.1, -0.05) is 30.3 Å². The largest absolute Gasteiger partial charge is 0.484 e. The van der Waals surface area contributed by atoms with E-state index in [2.05, 4.69) is 10.0 Å². The summed E-state index contributed by atoms with van der Waals surface area (Å²) in [6.07, 6.45) is 0. The molecule has 196 valence electrons. The summed E-state index contributed by atoms with van der Waals surface area (Å²) in [5.41, 5.74) is 1.03. The Morgan fingerprint density at radius 2 is 1.65 bits per heavy atom. The monoisotopic (exact) mass is 529 g/mol. The highest BCUT2D eigenvalue weighted by atomic mass is 32.2. The van der Waals surface area contributed by atoms with Gasteiger partial charge in [0.25, 0.3) is 15.9 Å². The molecule has 0 bridgehead atoms. The Balaban J connectivity index is 1.66. The number of halogens is 1. The van der Waals surface area contributed by atoms with E-state index in [9.17, 15) is 22.4 Å². The van der Waals surface area contributed by atoms with Crippen LogP contribution in [0.15, 0.2) is 83.8 Å². The fourth-order valence-electron chi connectivity index (χ4n) is 3.36. The van der Waals surface area contributed by atoms with Crippen LogP contribution >= 0.6 is 0 Å². The van der Waals surface area contributed by atoms with Crippen LogP contribution in [-0.4, -0.2) is 56.0 Å². The molecule has 0 aromatic heterocycles. The molecule has 0 heterocycles. The summed E-state index contributed by atoms with van der Waals surface area (Å²) < 4.78 is 46.2. The van der Waals surface area contributed by atoms with Gasteiger partial charge in [0.1, 0.15) is 17.6 Å². The van der Waals surface area contributed by atoms with Crippen LogP contribution in [-0.2, 0) is 26.2 Å². The van der Waals surface area contributed by atoms with Crippen LogP contribution in [0.1, 0.15) is 12.5 Å². The first-order chi connectivity index (χ1) is 17.7. The lowest BCUT2D eigenvalue weighted by atomic mass is 10.1. The summed E-state index contributed by atoms with van der Waals surface area (Å²) >= 11 is 0. The second kappa shape index (κ2) is 12.8. The SMILES string of the molecule is C[C@@H](C(=O)NCCO)N(Cc1ccccc1)C(=O)COc1ccc(S(=O)(=O)Nc2ccc(F)cc2)cc1. The number of ether oxygens (including phenoxy) is 1. The van der Waals surface area contributed by atoms with Crippen molar-refractivity contribution in [3.8, 4) is 5.75 Å². The van der Waals surface area contributed by atoms with Crippen molar-refractivity contribution in [1.82, 2.24) is 10.2 Å². The summed E-state index contributed by atoms with van der Waals surface area (Å²) in [4.78, 5) is 26.8. The van der Waals surface area contributed by atoms with Gasteiger partial charge in [0.2, 0.25) is 5.91 Å². The fourth-order valence-corrected chi connectivity index (χ4v) is 4.42. The van der Waals surface area contributed by atoms with Crippen LogP contribution in [0.25, 0.3) is 0 Å². The zero-order valence-corrected chi connectivity index (χ0v) is 20.9. The van der Waals surface area contributed by atoms with Gasteiger partial charge in [-0.05, 0) is 61.0 Å². The first-order valence-electron chi connectivity index (χ1n) is 11.4. The van der Waals surface area contributed by atoms with E-state index in [0.717, 1.165) is 17.7 Å². The summed E-state index contributed by atoms with van der Waals surface area (Å²) in [5.74, 6) is -1.10. The minimum Gasteiger partial charge on any atom is -0.484 e. The zero-order valence-electron chi connectivity index (χ0n) is 20.1. The molecule has 0 radical (unpaired) electrons. The molecular weight excluding hydrogens is 501 g/mol. The van der Waals surface area contributed by atoms with Crippen molar-refractivity contribution in [2.45, 2.75) is 24.4 Å². The van der Waals surface area contributed by atoms with Gasteiger partial charge in [-0.15, -0.1) is 0 Å². The van der Waals surface area contributed by atoms with Crippen molar-refractivity contribution >= 4 is 27.5 Å². The minimum absolute atomic E-state index is 0.0459. The minimum atomic E-state index is -3.92. The number of aliphatic hydroxyl groups excluding tert-OH is 1. The predicted molar refractivity (Wildman–Crippen MR) is 136 cm³/mol. The third-order valence-electron chi connectivity index (χ3n) is 5.37. The Morgan fingerprint density at radius 1 is 1.00 bits per heavy atom. The Bertz CT molecular complexity index is 1290. The van der Waals surface area contributed by atoms with Crippen molar-refractivity contribution in [1.29, 1.82) is 0 Å². The van der Waals surface area contributed by atoms with E-state index in [1.54, 1.807) is 6.92 Å². The number of rotatable bonds is 12. The van der Waals surface area contributed by atoms with Crippen LogP contribution < -0.4 is 14.8 Å². The van der Waals surface area contributed by atoms with E-state index in [4.69, 9.17) is 9.84 Å². The molecule has 9 nitrogen and oxygen atoms in total. The quantitative estimate of drug-likeness (QED) is 0.331. The number of benzene rings is 3. The van der Waals surface area contributed by atoms with Crippen molar-refractivity contribution in [3.63, 3.8) is 0 Å². The number of nitrogens with one attached hydrogen (secondary N) is 2. The molecule has 3 N–H and O–H groups in total. The molecular formula is C26H28FN3O6S. The zero-order chi connectivity index (χ0) is 26.8. The van der Waals surface area contributed by atoms with Gasteiger partial charge < -0.3 is 20.1 Å². The second-order valence-corrected chi connectivity index (χ2v) is 9.75. The molecule has 3 rings (SSSR count). The van der Waals surface area contributed by atoms with Gasteiger partial charge in [-0.3, -0.25) is 14.3 Å². The lowest BCUT2D eigenvalue weighted by Crippen LogP contribution is -2.49. The van der Waals surface area contributed by atoms with Crippen molar-refractivity contribution < 1.29 is 32.2 Å².